The molecule has 2 heterocycles. The molecule has 0 aliphatic carbocycles. The molecule has 0 saturated carbocycles. The number of ether oxygens (including phenoxy) is 1. The second kappa shape index (κ2) is 10.2. The van der Waals surface area contributed by atoms with E-state index in [-0.39, 0.29) is 12.6 Å². The summed E-state index contributed by atoms with van der Waals surface area (Å²) in [6, 6.07) is 10.1. The van der Waals surface area contributed by atoms with Gasteiger partial charge in [0.25, 0.3) is 0 Å². The average Bonchev–Trinajstić information content (AvgIpc) is 3.35. The van der Waals surface area contributed by atoms with E-state index in [9.17, 15) is 22.8 Å². The van der Waals surface area contributed by atoms with Gasteiger partial charge in [-0.2, -0.15) is 13.2 Å². The van der Waals surface area contributed by atoms with Gasteiger partial charge in [0.1, 0.15) is 12.4 Å². The lowest BCUT2D eigenvalue weighted by Crippen LogP contribution is -2.43. The molecule has 1 N–H and O–H groups in total. The van der Waals surface area contributed by atoms with Gasteiger partial charge in [0.2, 0.25) is 0 Å². The Bertz CT molecular complexity index is 1260. The summed E-state index contributed by atoms with van der Waals surface area (Å²) in [5, 5.41) is 11.2. The number of carbonyl (C=O) groups is 2. The summed E-state index contributed by atoms with van der Waals surface area (Å²) in [4.78, 5) is 31.8. The normalized spacial score (nSPS) is 14.2. The van der Waals surface area contributed by atoms with E-state index in [1.807, 2.05) is 12.1 Å². The molecule has 4 rings (SSSR count). The summed E-state index contributed by atoms with van der Waals surface area (Å²) in [7, 11) is 1.61. The van der Waals surface area contributed by atoms with Crippen LogP contribution in [0.1, 0.15) is 23.6 Å². The van der Waals surface area contributed by atoms with Crippen LogP contribution in [0.25, 0.3) is 11.3 Å². The summed E-state index contributed by atoms with van der Waals surface area (Å²) in [5.74, 6) is -1.03. The highest BCUT2D eigenvalue weighted by atomic mass is 32.1. The minimum Gasteiger partial charge on any atom is -0.493 e. The minimum atomic E-state index is -4.41. The lowest BCUT2D eigenvalue weighted by atomic mass is 9.99. The maximum atomic E-state index is 13.2. The highest BCUT2D eigenvalue weighted by Gasteiger charge is 2.30. The van der Waals surface area contributed by atoms with Crippen LogP contribution in [-0.2, 0) is 23.9 Å². The molecule has 190 valence electrons. The van der Waals surface area contributed by atoms with Crippen LogP contribution < -0.4 is 9.64 Å². The van der Waals surface area contributed by atoms with Gasteiger partial charge >= 0.3 is 18.2 Å². The number of aliphatic carboxylic acids is 1. The number of amides is 2. The Hall–Kier alpha value is -3.60. The third kappa shape index (κ3) is 5.62. The number of rotatable bonds is 6. The van der Waals surface area contributed by atoms with Crippen LogP contribution in [0.4, 0.5) is 23.1 Å². The Balaban J connectivity index is 1.43. The van der Waals surface area contributed by atoms with Crippen molar-refractivity contribution in [3.05, 3.63) is 64.5 Å². The highest BCUT2D eigenvalue weighted by Crippen LogP contribution is 2.33. The zero-order chi connectivity index (χ0) is 26.0. The molecule has 2 aromatic carbocycles. The van der Waals surface area contributed by atoms with Gasteiger partial charge in [-0.1, -0.05) is 18.2 Å². The molecule has 0 radical (unpaired) electrons. The second-order valence-corrected chi connectivity index (χ2v) is 9.42. The predicted octanol–water partition coefficient (Wildman–Crippen LogP) is 5.54. The number of anilines is 1. The minimum absolute atomic E-state index is 0.0464. The molecule has 0 saturated heterocycles. The standard InChI is InChI=1S/C25H24F3N3O4S/c1-15(22(32)33)13-35-20-8-5-16-9-10-31(12-18(16)11-20)24(34)30(2)23-29-21(14-36-23)17-3-6-19(7-4-17)25(26,27)28/h3-8,11,14-15H,9-10,12-13H2,1-2H3,(H,32,33). The van der Waals surface area contributed by atoms with Crippen molar-refractivity contribution < 1.29 is 32.6 Å². The Labute approximate surface area is 209 Å². The van der Waals surface area contributed by atoms with Gasteiger partial charge in [-0.05, 0) is 48.7 Å². The number of nitrogens with zero attached hydrogens (tertiary/aromatic N) is 3. The van der Waals surface area contributed by atoms with Gasteiger partial charge < -0.3 is 14.7 Å². The predicted molar refractivity (Wildman–Crippen MR) is 129 cm³/mol. The largest absolute Gasteiger partial charge is 0.493 e. The van der Waals surface area contributed by atoms with Crippen molar-refractivity contribution in [1.29, 1.82) is 0 Å². The van der Waals surface area contributed by atoms with Gasteiger partial charge in [0.05, 0.1) is 17.2 Å². The Morgan fingerprint density at radius 1 is 1.19 bits per heavy atom. The fraction of sp³-hybridized carbons (Fsp3) is 0.320. The molecular weight excluding hydrogens is 495 g/mol. The third-order valence-electron chi connectivity index (χ3n) is 5.96. The fourth-order valence-electron chi connectivity index (χ4n) is 3.75. The molecular formula is C25H24F3N3O4S. The maximum Gasteiger partial charge on any atom is 0.416 e. The number of alkyl halides is 3. The smallest absolute Gasteiger partial charge is 0.416 e. The van der Waals surface area contributed by atoms with Gasteiger partial charge in [-0.15, -0.1) is 11.3 Å². The Morgan fingerprint density at radius 3 is 2.58 bits per heavy atom. The number of hydrogen-bond donors (Lipinski definition) is 1. The molecule has 11 heteroatoms. The summed E-state index contributed by atoms with van der Waals surface area (Å²) in [6.07, 6.45) is -3.75. The van der Waals surface area contributed by atoms with E-state index >= 15 is 0 Å². The number of carbonyl (C=O) groups excluding carboxylic acids is 1. The van der Waals surface area contributed by atoms with Crippen LogP contribution in [0.3, 0.4) is 0 Å². The molecule has 0 fully saturated rings. The van der Waals surface area contributed by atoms with Gasteiger partial charge in [0.15, 0.2) is 5.13 Å². The SMILES string of the molecule is CC(COc1ccc2c(c1)CN(C(=O)N(C)c1nc(-c3ccc(C(F)(F)F)cc3)cs1)CC2)C(=O)O. The number of thiazole rings is 1. The number of urea groups is 1. The Morgan fingerprint density at radius 2 is 1.92 bits per heavy atom. The number of carboxylic acid groups (broad SMARTS) is 1. The number of carboxylic acids is 1. The first kappa shape index (κ1) is 25.5. The fourth-order valence-corrected chi connectivity index (χ4v) is 4.55. The molecule has 2 amide bonds. The van der Waals surface area contributed by atoms with Crippen molar-refractivity contribution in [2.75, 3.05) is 25.1 Å². The first-order valence-corrected chi connectivity index (χ1v) is 12.0. The molecule has 1 aromatic heterocycles. The molecule has 1 aliphatic rings. The zero-order valence-electron chi connectivity index (χ0n) is 19.6. The van der Waals surface area contributed by atoms with Crippen LogP contribution in [0.2, 0.25) is 0 Å². The van der Waals surface area contributed by atoms with Crippen LogP contribution in [0.15, 0.2) is 47.8 Å². The van der Waals surface area contributed by atoms with Crippen molar-refractivity contribution in [3.63, 3.8) is 0 Å². The molecule has 36 heavy (non-hydrogen) atoms. The Kier molecular flexibility index (Phi) is 7.21. The number of halogens is 3. The number of fused-ring (bicyclic) bond motifs is 1. The molecule has 1 aliphatic heterocycles. The summed E-state index contributed by atoms with van der Waals surface area (Å²) < 4.78 is 44.1. The second-order valence-electron chi connectivity index (χ2n) is 8.58. The highest BCUT2D eigenvalue weighted by molar-refractivity contribution is 7.14. The molecule has 0 spiro atoms. The first-order chi connectivity index (χ1) is 17.0. The van der Waals surface area contributed by atoms with E-state index in [1.54, 1.807) is 30.3 Å². The molecule has 3 aromatic rings. The van der Waals surface area contributed by atoms with Gasteiger partial charge in [-0.25, -0.2) is 9.78 Å². The summed E-state index contributed by atoms with van der Waals surface area (Å²) >= 11 is 1.23. The van der Waals surface area contributed by atoms with Crippen LogP contribution >= 0.6 is 11.3 Å². The number of hydrogen-bond acceptors (Lipinski definition) is 5. The van der Waals surface area contributed by atoms with Crippen molar-refractivity contribution in [1.82, 2.24) is 9.88 Å². The van der Waals surface area contributed by atoms with E-state index in [0.29, 0.717) is 41.6 Å². The quantitative estimate of drug-likeness (QED) is 0.462. The van der Waals surface area contributed by atoms with Crippen LogP contribution in [0, 0.1) is 5.92 Å². The van der Waals surface area contributed by atoms with Crippen molar-refractivity contribution in [2.45, 2.75) is 26.1 Å². The number of benzene rings is 2. The third-order valence-corrected chi connectivity index (χ3v) is 6.87. The van der Waals surface area contributed by atoms with Gasteiger partial charge in [0, 0.05) is 31.1 Å². The summed E-state index contributed by atoms with van der Waals surface area (Å²) in [6.45, 7) is 2.49. The lowest BCUT2D eigenvalue weighted by Gasteiger charge is -2.31. The van der Waals surface area contributed by atoms with E-state index in [4.69, 9.17) is 9.84 Å². The van der Waals surface area contributed by atoms with Crippen molar-refractivity contribution >= 4 is 28.5 Å². The van der Waals surface area contributed by atoms with E-state index in [2.05, 4.69) is 4.98 Å². The van der Waals surface area contributed by atoms with Crippen LogP contribution in [-0.4, -0.2) is 47.2 Å². The topological polar surface area (TPSA) is 83.0 Å². The summed E-state index contributed by atoms with van der Waals surface area (Å²) in [5.41, 5.74) is 2.31. The molecule has 0 bridgehead atoms. The molecule has 7 nitrogen and oxygen atoms in total. The average molecular weight is 520 g/mol. The number of aromatic nitrogens is 1. The van der Waals surface area contributed by atoms with E-state index < -0.39 is 23.6 Å². The van der Waals surface area contributed by atoms with Crippen LogP contribution in [0.5, 0.6) is 5.75 Å². The molecule has 1 atom stereocenters. The first-order valence-electron chi connectivity index (χ1n) is 11.2. The lowest BCUT2D eigenvalue weighted by molar-refractivity contribution is -0.142. The van der Waals surface area contributed by atoms with Gasteiger partial charge in [-0.3, -0.25) is 9.69 Å². The van der Waals surface area contributed by atoms with E-state index in [1.165, 1.54) is 28.4 Å². The van der Waals surface area contributed by atoms with E-state index in [0.717, 1.165) is 23.3 Å². The maximum absolute atomic E-state index is 13.2. The van der Waals surface area contributed by atoms with Crippen molar-refractivity contribution in [3.8, 4) is 17.0 Å². The molecule has 1 unspecified atom stereocenters. The van der Waals surface area contributed by atoms with Crippen molar-refractivity contribution in [2.24, 2.45) is 5.92 Å². The monoisotopic (exact) mass is 519 g/mol. The zero-order valence-corrected chi connectivity index (χ0v) is 20.4.